The lowest BCUT2D eigenvalue weighted by molar-refractivity contribution is 0.427. The summed E-state index contributed by atoms with van der Waals surface area (Å²) in [6.45, 7) is 10.7. The Morgan fingerprint density at radius 2 is 1.89 bits per heavy atom. The van der Waals surface area contributed by atoms with Crippen molar-refractivity contribution < 1.29 is 0 Å². The molecule has 186 valence electrons. The van der Waals surface area contributed by atoms with Gasteiger partial charge in [0, 0.05) is 29.4 Å². The lowest BCUT2D eigenvalue weighted by atomic mass is 9.88. The van der Waals surface area contributed by atoms with Gasteiger partial charge in [0.2, 0.25) is 0 Å². The lowest BCUT2D eigenvalue weighted by Crippen LogP contribution is -2.22. The van der Waals surface area contributed by atoms with Gasteiger partial charge in [-0.05, 0) is 70.6 Å². The molecule has 0 amide bonds. The summed E-state index contributed by atoms with van der Waals surface area (Å²) in [5.74, 6) is 1.94. The highest BCUT2D eigenvalue weighted by Crippen LogP contribution is 2.34. The van der Waals surface area contributed by atoms with Gasteiger partial charge in [0.1, 0.15) is 5.82 Å². The first kappa shape index (κ1) is 26.4. The zero-order valence-corrected chi connectivity index (χ0v) is 21.7. The first-order valence-electron chi connectivity index (χ1n) is 13.0. The molecule has 3 rings (SSSR count). The van der Waals surface area contributed by atoms with Crippen LogP contribution in [0.2, 0.25) is 0 Å². The van der Waals surface area contributed by atoms with Gasteiger partial charge < -0.3 is 11.1 Å². The van der Waals surface area contributed by atoms with Gasteiger partial charge >= 0.3 is 0 Å². The van der Waals surface area contributed by atoms with E-state index >= 15 is 0 Å². The maximum Gasteiger partial charge on any atom is 0.193 e. The molecular weight excluding hydrogens is 430 g/mol. The highest BCUT2D eigenvalue weighted by Gasteiger charge is 2.21. The smallest absolute Gasteiger partial charge is 0.193 e. The Hall–Kier alpha value is -3.21. The number of guanidine groups is 1. The molecule has 35 heavy (non-hydrogen) atoms. The number of rotatable bonds is 10. The van der Waals surface area contributed by atoms with Crippen LogP contribution < -0.4 is 11.1 Å². The minimum absolute atomic E-state index is 0.435. The van der Waals surface area contributed by atoms with Crippen LogP contribution in [0.3, 0.4) is 0 Å². The van der Waals surface area contributed by atoms with Crippen molar-refractivity contribution in [2.24, 2.45) is 10.7 Å². The van der Waals surface area contributed by atoms with Crippen molar-refractivity contribution in [2.75, 3.05) is 11.9 Å². The van der Waals surface area contributed by atoms with E-state index in [-0.39, 0.29) is 0 Å². The van der Waals surface area contributed by atoms with Gasteiger partial charge in [-0.1, -0.05) is 67.9 Å². The van der Waals surface area contributed by atoms with Crippen molar-refractivity contribution in [1.29, 1.82) is 0 Å². The lowest BCUT2D eigenvalue weighted by Gasteiger charge is -2.22. The summed E-state index contributed by atoms with van der Waals surface area (Å²) < 4.78 is 0. The van der Waals surface area contributed by atoms with Crippen LogP contribution in [0.25, 0.3) is 11.3 Å². The van der Waals surface area contributed by atoms with E-state index in [9.17, 15) is 0 Å². The predicted octanol–water partition coefficient (Wildman–Crippen LogP) is 7.26. The zero-order chi connectivity index (χ0) is 25.0. The Balaban J connectivity index is 1.85. The van der Waals surface area contributed by atoms with Gasteiger partial charge in [0.15, 0.2) is 5.96 Å². The molecule has 0 spiro atoms. The molecule has 0 radical (unpaired) electrons. The van der Waals surface area contributed by atoms with Crippen LogP contribution in [0.4, 0.5) is 5.69 Å². The highest BCUT2D eigenvalue weighted by molar-refractivity contribution is 5.92. The second-order valence-corrected chi connectivity index (χ2v) is 9.39. The number of aryl methyl sites for hydroxylation is 1. The van der Waals surface area contributed by atoms with Gasteiger partial charge in [-0.25, -0.2) is 9.97 Å². The largest absolute Gasteiger partial charge is 0.370 e. The molecule has 1 aromatic heterocycles. The van der Waals surface area contributed by atoms with Gasteiger partial charge in [-0.15, -0.1) is 0 Å². The molecule has 1 heterocycles. The van der Waals surface area contributed by atoms with E-state index in [4.69, 9.17) is 15.7 Å². The van der Waals surface area contributed by atoms with E-state index in [1.165, 1.54) is 48.9 Å². The topological polar surface area (TPSA) is 76.2 Å². The van der Waals surface area contributed by atoms with Crippen LogP contribution in [0.15, 0.2) is 65.7 Å². The molecule has 0 bridgehead atoms. The number of nitrogens with zero attached hydrogens (tertiary/aromatic N) is 3. The molecule has 0 unspecified atom stereocenters. The SMILES string of the molecule is C=C/C=C\C=C(/C)CCCc1nc(C2CCCCC2)nc(-c2ccc(NC(N)=NCC)cc2)c1C. The molecule has 1 aliphatic carbocycles. The number of nitrogens with two attached hydrogens (primary N) is 1. The van der Waals surface area contributed by atoms with Crippen molar-refractivity contribution in [2.45, 2.75) is 78.1 Å². The molecule has 1 aliphatic rings. The van der Waals surface area contributed by atoms with Crippen molar-refractivity contribution in [3.63, 3.8) is 0 Å². The molecule has 5 heteroatoms. The highest BCUT2D eigenvalue weighted by atomic mass is 15.1. The molecule has 1 saturated carbocycles. The summed E-state index contributed by atoms with van der Waals surface area (Å²) in [6.07, 6.45) is 17.3. The van der Waals surface area contributed by atoms with Crippen molar-refractivity contribution in [3.8, 4) is 11.3 Å². The van der Waals surface area contributed by atoms with Crippen LogP contribution in [-0.2, 0) is 6.42 Å². The van der Waals surface area contributed by atoms with Crippen molar-refractivity contribution in [1.82, 2.24) is 9.97 Å². The van der Waals surface area contributed by atoms with E-state index in [2.05, 4.69) is 55.0 Å². The quantitative estimate of drug-likeness (QED) is 0.217. The second-order valence-electron chi connectivity index (χ2n) is 9.39. The number of benzene rings is 1. The van der Waals surface area contributed by atoms with Crippen molar-refractivity contribution >= 4 is 11.6 Å². The number of anilines is 1. The van der Waals surface area contributed by atoms with E-state index in [1.54, 1.807) is 6.08 Å². The summed E-state index contributed by atoms with van der Waals surface area (Å²) >= 11 is 0. The van der Waals surface area contributed by atoms with E-state index in [0.29, 0.717) is 18.4 Å². The summed E-state index contributed by atoms with van der Waals surface area (Å²) in [5.41, 5.74) is 12.8. The molecule has 0 aliphatic heterocycles. The maximum absolute atomic E-state index is 5.92. The average Bonchev–Trinajstić information content (AvgIpc) is 2.86. The molecule has 5 nitrogen and oxygen atoms in total. The van der Waals surface area contributed by atoms with Gasteiger partial charge in [0.25, 0.3) is 0 Å². The fraction of sp³-hybridized carbons (Fsp3) is 0.433. The van der Waals surface area contributed by atoms with Crippen LogP contribution >= 0.6 is 0 Å². The van der Waals surface area contributed by atoms with E-state index in [1.807, 2.05) is 25.1 Å². The van der Waals surface area contributed by atoms with Crippen LogP contribution in [-0.4, -0.2) is 22.5 Å². The molecule has 0 atom stereocenters. The second kappa shape index (κ2) is 13.6. The molecule has 3 N–H and O–H groups in total. The summed E-state index contributed by atoms with van der Waals surface area (Å²) in [6, 6.07) is 8.31. The van der Waals surface area contributed by atoms with Crippen LogP contribution in [0.1, 0.15) is 81.8 Å². The summed E-state index contributed by atoms with van der Waals surface area (Å²) in [4.78, 5) is 14.5. The number of nitrogens with one attached hydrogen (secondary N) is 1. The average molecular weight is 472 g/mol. The third kappa shape index (κ3) is 7.91. The summed E-state index contributed by atoms with van der Waals surface area (Å²) in [5, 5.41) is 3.15. The van der Waals surface area contributed by atoms with Gasteiger partial charge in [-0.2, -0.15) is 0 Å². The third-order valence-electron chi connectivity index (χ3n) is 6.61. The van der Waals surface area contributed by atoms with Crippen molar-refractivity contribution in [3.05, 3.63) is 77.8 Å². The Labute approximate surface area is 211 Å². The molecular formula is C30H41N5. The molecule has 2 aromatic rings. The summed E-state index contributed by atoms with van der Waals surface area (Å²) in [7, 11) is 0. The van der Waals surface area contributed by atoms with Crippen LogP contribution in [0.5, 0.6) is 0 Å². The number of allylic oxidation sites excluding steroid dienone is 5. The molecule has 0 saturated heterocycles. The first-order chi connectivity index (χ1) is 17.0. The minimum atomic E-state index is 0.435. The monoisotopic (exact) mass is 471 g/mol. The number of aromatic nitrogens is 2. The maximum atomic E-state index is 5.92. The van der Waals surface area contributed by atoms with E-state index in [0.717, 1.165) is 42.0 Å². The zero-order valence-electron chi connectivity index (χ0n) is 21.7. The van der Waals surface area contributed by atoms with E-state index < -0.39 is 0 Å². The fourth-order valence-corrected chi connectivity index (χ4v) is 4.64. The standard InChI is InChI=1S/C30H41N5/c1-5-7-9-13-22(3)14-12-17-27-23(4)28(35-29(34-27)25-15-10-8-11-16-25)24-18-20-26(21-19-24)33-30(31)32-6-2/h5,7,9,13,18-21,25H,1,6,8,10-12,14-17H2,2-4H3,(H3,31,32,33)/b9-7-,22-13+. The third-order valence-corrected chi connectivity index (χ3v) is 6.61. The Morgan fingerprint density at radius 1 is 1.14 bits per heavy atom. The number of hydrogen-bond donors (Lipinski definition) is 2. The Kier molecular flexibility index (Phi) is 10.3. The number of aliphatic imine (C=N–C) groups is 1. The number of hydrogen-bond acceptors (Lipinski definition) is 3. The fourth-order valence-electron chi connectivity index (χ4n) is 4.64. The van der Waals surface area contributed by atoms with Gasteiger partial charge in [-0.3, -0.25) is 4.99 Å². The Bertz CT molecular complexity index is 1060. The minimum Gasteiger partial charge on any atom is -0.370 e. The normalized spacial score (nSPS) is 15.5. The van der Waals surface area contributed by atoms with Gasteiger partial charge in [0.05, 0.1) is 5.69 Å². The Morgan fingerprint density at radius 3 is 2.57 bits per heavy atom. The molecule has 1 fully saturated rings. The predicted molar refractivity (Wildman–Crippen MR) is 150 cm³/mol. The van der Waals surface area contributed by atoms with Crippen LogP contribution in [0, 0.1) is 6.92 Å². The first-order valence-corrected chi connectivity index (χ1v) is 13.0. The molecule has 1 aromatic carbocycles.